The number of benzene rings is 2. The molecule has 3 unspecified atom stereocenters. The lowest BCUT2D eigenvalue weighted by atomic mass is 9.93. The van der Waals surface area contributed by atoms with E-state index in [1.165, 1.54) is 4.90 Å². The summed E-state index contributed by atoms with van der Waals surface area (Å²) in [6.07, 6.45) is 2.10. The molecule has 0 aliphatic carbocycles. The molecule has 2 aromatic carbocycles. The molecule has 1 aliphatic heterocycles. The van der Waals surface area contributed by atoms with Gasteiger partial charge >= 0.3 is 11.9 Å². The fourth-order valence-corrected chi connectivity index (χ4v) is 4.67. The second kappa shape index (κ2) is 15.6. The van der Waals surface area contributed by atoms with E-state index in [9.17, 15) is 24.5 Å². The van der Waals surface area contributed by atoms with Gasteiger partial charge in [0.25, 0.3) is 5.09 Å². The quantitative estimate of drug-likeness (QED) is 0.152. The van der Waals surface area contributed by atoms with Crippen LogP contribution in [0.1, 0.15) is 49.8 Å². The second-order valence-corrected chi connectivity index (χ2v) is 9.60. The number of nitrogens with one attached hydrogen (secondary N) is 1. The summed E-state index contributed by atoms with van der Waals surface area (Å²) >= 11 is 0. The van der Waals surface area contributed by atoms with Crippen LogP contribution in [0.15, 0.2) is 54.6 Å². The van der Waals surface area contributed by atoms with Gasteiger partial charge in [0.05, 0.1) is 25.9 Å². The van der Waals surface area contributed by atoms with Gasteiger partial charge in [-0.3, -0.25) is 14.9 Å². The highest BCUT2D eigenvalue weighted by Gasteiger charge is 2.38. The van der Waals surface area contributed by atoms with Gasteiger partial charge in [0.15, 0.2) is 0 Å². The van der Waals surface area contributed by atoms with Crippen molar-refractivity contribution in [1.82, 2.24) is 10.2 Å². The lowest BCUT2D eigenvalue weighted by molar-refractivity contribution is -0.757. The third-order valence-corrected chi connectivity index (χ3v) is 6.74. The molecule has 1 heterocycles. The molecule has 0 bridgehead atoms. The maximum absolute atomic E-state index is 13.7. The van der Waals surface area contributed by atoms with E-state index in [4.69, 9.17) is 9.47 Å². The van der Waals surface area contributed by atoms with Crippen LogP contribution in [0.5, 0.6) is 0 Å². The Morgan fingerprint density at radius 2 is 1.70 bits per heavy atom. The van der Waals surface area contributed by atoms with Gasteiger partial charge < -0.3 is 19.2 Å². The van der Waals surface area contributed by atoms with Gasteiger partial charge in [-0.25, -0.2) is 4.79 Å². The van der Waals surface area contributed by atoms with Gasteiger partial charge in [0.2, 0.25) is 5.91 Å². The lowest BCUT2D eigenvalue weighted by Gasteiger charge is -2.37. The van der Waals surface area contributed by atoms with E-state index in [-0.39, 0.29) is 32.3 Å². The van der Waals surface area contributed by atoms with Crippen LogP contribution in [-0.4, -0.2) is 65.8 Å². The SMILES string of the molecule is CCOC(=O)C(CCc1ccccc1)NC(C)C(=O)N1Cc2ccccc2CC1C(=O)OCCCCO[N+](=O)[O-]. The van der Waals surface area contributed by atoms with Crippen molar-refractivity contribution in [2.75, 3.05) is 19.8 Å². The maximum atomic E-state index is 13.7. The van der Waals surface area contributed by atoms with Crippen molar-refractivity contribution in [3.05, 3.63) is 81.4 Å². The summed E-state index contributed by atoms with van der Waals surface area (Å²) in [5, 5.41) is 12.5. The number of unbranched alkanes of at least 4 members (excludes halogenated alkanes) is 1. The highest BCUT2D eigenvalue weighted by Crippen LogP contribution is 2.25. The van der Waals surface area contributed by atoms with Crippen LogP contribution in [0.3, 0.4) is 0 Å². The van der Waals surface area contributed by atoms with Gasteiger partial charge in [-0.05, 0) is 56.2 Å². The monoisotopic (exact) mass is 555 g/mol. The van der Waals surface area contributed by atoms with E-state index in [1.807, 2.05) is 54.6 Å². The summed E-state index contributed by atoms with van der Waals surface area (Å²) in [5.74, 6) is -1.31. The molecule has 2 aromatic rings. The summed E-state index contributed by atoms with van der Waals surface area (Å²) in [5.41, 5.74) is 2.97. The third-order valence-electron chi connectivity index (χ3n) is 6.74. The topological polar surface area (TPSA) is 137 Å². The Morgan fingerprint density at radius 3 is 2.40 bits per heavy atom. The number of hydrogen-bond acceptors (Lipinski definition) is 9. The van der Waals surface area contributed by atoms with Gasteiger partial charge in [-0.2, -0.15) is 0 Å². The molecule has 0 saturated carbocycles. The lowest BCUT2D eigenvalue weighted by Crippen LogP contribution is -2.56. The molecule has 11 nitrogen and oxygen atoms in total. The summed E-state index contributed by atoms with van der Waals surface area (Å²) in [7, 11) is 0. The highest BCUT2D eigenvalue weighted by molar-refractivity contribution is 5.89. The fraction of sp³-hybridized carbons (Fsp3) is 0.483. The molecule has 0 fully saturated rings. The minimum Gasteiger partial charge on any atom is -0.465 e. The highest BCUT2D eigenvalue weighted by atomic mass is 16.9. The number of rotatable bonds is 15. The molecular weight excluding hydrogens is 518 g/mol. The molecule has 0 radical (unpaired) electrons. The van der Waals surface area contributed by atoms with E-state index in [2.05, 4.69) is 10.2 Å². The average molecular weight is 556 g/mol. The van der Waals surface area contributed by atoms with Crippen molar-refractivity contribution in [3.8, 4) is 0 Å². The number of aryl methyl sites for hydroxylation is 1. The predicted molar refractivity (Wildman–Crippen MR) is 145 cm³/mol. The number of hydrogen-bond donors (Lipinski definition) is 1. The van der Waals surface area contributed by atoms with Crippen LogP contribution < -0.4 is 5.32 Å². The molecule has 1 N–H and O–H groups in total. The predicted octanol–water partition coefficient (Wildman–Crippen LogP) is 3.01. The number of carbonyl (C=O) groups excluding carboxylic acids is 3. The van der Waals surface area contributed by atoms with Crippen LogP contribution in [0, 0.1) is 10.1 Å². The molecule has 3 atom stereocenters. The van der Waals surface area contributed by atoms with Crippen molar-refractivity contribution in [1.29, 1.82) is 0 Å². The summed E-state index contributed by atoms with van der Waals surface area (Å²) in [6.45, 7) is 3.83. The first-order valence-electron chi connectivity index (χ1n) is 13.6. The van der Waals surface area contributed by atoms with Gasteiger partial charge in [0, 0.05) is 13.0 Å². The number of amides is 1. The number of fused-ring (bicyclic) bond motifs is 1. The Balaban J connectivity index is 1.68. The van der Waals surface area contributed by atoms with E-state index in [1.54, 1.807) is 13.8 Å². The fourth-order valence-electron chi connectivity index (χ4n) is 4.67. The van der Waals surface area contributed by atoms with Crippen LogP contribution in [0.4, 0.5) is 0 Å². The first kappa shape index (κ1) is 30.6. The van der Waals surface area contributed by atoms with Crippen molar-refractivity contribution in [3.63, 3.8) is 0 Å². The molecule has 216 valence electrons. The third kappa shape index (κ3) is 9.04. The van der Waals surface area contributed by atoms with Crippen LogP contribution >= 0.6 is 0 Å². The molecule has 0 spiro atoms. The molecule has 40 heavy (non-hydrogen) atoms. The second-order valence-electron chi connectivity index (χ2n) is 9.60. The summed E-state index contributed by atoms with van der Waals surface area (Å²) in [6, 6.07) is 15.0. The minimum atomic E-state index is -0.863. The Kier molecular flexibility index (Phi) is 11.9. The van der Waals surface area contributed by atoms with E-state index in [0.29, 0.717) is 32.1 Å². The van der Waals surface area contributed by atoms with Crippen molar-refractivity contribution in [2.24, 2.45) is 0 Å². The first-order chi connectivity index (χ1) is 19.3. The normalized spacial score (nSPS) is 15.8. The number of nitrogens with zero attached hydrogens (tertiary/aromatic N) is 2. The number of ether oxygens (including phenoxy) is 2. The zero-order valence-corrected chi connectivity index (χ0v) is 23.0. The average Bonchev–Trinajstić information content (AvgIpc) is 2.96. The van der Waals surface area contributed by atoms with Crippen LogP contribution in [0.25, 0.3) is 0 Å². The summed E-state index contributed by atoms with van der Waals surface area (Å²) < 4.78 is 10.7. The first-order valence-corrected chi connectivity index (χ1v) is 13.6. The van der Waals surface area contributed by atoms with Gasteiger partial charge in [-0.1, -0.05) is 54.6 Å². The maximum Gasteiger partial charge on any atom is 0.329 e. The molecule has 3 rings (SSSR count). The van der Waals surface area contributed by atoms with Crippen molar-refractivity contribution < 1.29 is 33.8 Å². The van der Waals surface area contributed by atoms with E-state index in [0.717, 1.165) is 16.7 Å². The Morgan fingerprint density at radius 1 is 1.02 bits per heavy atom. The summed E-state index contributed by atoms with van der Waals surface area (Å²) in [4.78, 5) is 55.6. The molecule has 0 saturated heterocycles. The molecule has 1 aliphatic rings. The zero-order valence-electron chi connectivity index (χ0n) is 23.0. The molecule has 11 heteroatoms. The smallest absolute Gasteiger partial charge is 0.329 e. The Hall–Kier alpha value is -3.99. The van der Waals surface area contributed by atoms with Crippen molar-refractivity contribution in [2.45, 2.75) is 70.6 Å². The Bertz CT molecular complexity index is 1140. The number of esters is 2. The number of carbonyl (C=O) groups is 3. The molecular formula is C29H37N3O8. The molecule has 1 amide bonds. The van der Waals surface area contributed by atoms with E-state index >= 15 is 0 Å². The Labute approximate surface area is 233 Å². The standard InChI is InChI=1S/C29H37N3O8/c1-3-38-28(34)25(16-15-22-11-5-4-6-12-22)30-21(2)27(33)31-20-24-14-8-7-13-23(24)19-26(31)29(35)39-17-9-10-18-40-32(36)37/h4-8,11-14,21,25-26,30H,3,9-10,15-20H2,1-2H3. The van der Waals surface area contributed by atoms with Crippen LogP contribution in [0.2, 0.25) is 0 Å². The minimum absolute atomic E-state index is 0.0539. The van der Waals surface area contributed by atoms with Crippen molar-refractivity contribution >= 4 is 17.8 Å². The van der Waals surface area contributed by atoms with E-state index < -0.39 is 35.2 Å². The zero-order chi connectivity index (χ0) is 28.9. The van der Waals surface area contributed by atoms with Crippen LogP contribution in [-0.2, 0) is 48.1 Å². The van der Waals surface area contributed by atoms with Gasteiger partial charge in [0.1, 0.15) is 12.1 Å². The molecule has 0 aromatic heterocycles. The van der Waals surface area contributed by atoms with Gasteiger partial charge in [-0.15, -0.1) is 10.1 Å². The largest absolute Gasteiger partial charge is 0.465 e.